The zero-order valence-corrected chi connectivity index (χ0v) is 11.2. The highest BCUT2D eigenvalue weighted by Gasteiger charge is 2.27. The van der Waals surface area contributed by atoms with E-state index >= 15 is 0 Å². The quantitative estimate of drug-likeness (QED) is 0.888. The number of carbonyl (C=O) groups is 1. The lowest BCUT2D eigenvalue weighted by Crippen LogP contribution is -2.43. The summed E-state index contributed by atoms with van der Waals surface area (Å²) in [5.41, 5.74) is 5.97. The number of halogens is 1. The maximum atomic E-state index is 12.0. The van der Waals surface area contributed by atoms with E-state index in [4.69, 9.17) is 17.3 Å². The summed E-state index contributed by atoms with van der Waals surface area (Å²) >= 11 is 7.33. The molecule has 3 nitrogen and oxygen atoms in total. The molecule has 17 heavy (non-hydrogen) atoms. The van der Waals surface area contributed by atoms with Crippen molar-refractivity contribution in [1.82, 2.24) is 5.32 Å². The number of thiophene rings is 1. The summed E-state index contributed by atoms with van der Waals surface area (Å²) in [7, 11) is 0. The van der Waals surface area contributed by atoms with Gasteiger partial charge in [0.1, 0.15) is 0 Å². The lowest BCUT2D eigenvalue weighted by atomic mass is 9.84. The van der Waals surface area contributed by atoms with Gasteiger partial charge in [-0.25, -0.2) is 0 Å². The average Bonchev–Trinajstić information content (AvgIpc) is 2.73. The first kappa shape index (κ1) is 12.9. The summed E-state index contributed by atoms with van der Waals surface area (Å²) in [6.07, 6.45) is 4.13. The molecule has 1 fully saturated rings. The van der Waals surface area contributed by atoms with E-state index in [2.05, 4.69) is 5.32 Å². The van der Waals surface area contributed by atoms with E-state index in [0.717, 1.165) is 34.9 Å². The Balaban J connectivity index is 1.84. The van der Waals surface area contributed by atoms with Crippen molar-refractivity contribution in [2.24, 2.45) is 11.7 Å². The van der Waals surface area contributed by atoms with Gasteiger partial charge in [0.25, 0.3) is 0 Å². The van der Waals surface area contributed by atoms with Gasteiger partial charge in [-0.3, -0.25) is 4.79 Å². The van der Waals surface area contributed by atoms with E-state index in [9.17, 15) is 4.79 Å². The van der Waals surface area contributed by atoms with Gasteiger partial charge in [-0.05, 0) is 25.0 Å². The van der Waals surface area contributed by atoms with Gasteiger partial charge in [-0.2, -0.15) is 0 Å². The van der Waals surface area contributed by atoms with Gasteiger partial charge in [-0.1, -0.05) is 24.4 Å². The summed E-state index contributed by atoms with van der Waals surface area (Å²) in [6.45, 7) is 0.555. The van der Waals surface area contributed by atoms with Crippen molar-refractivity contribution >= 4 is 28.8 Å². The molecule has 2 rings (SSSR count). The molecular weight excluding hydrogens is 256 g/mol. The molecule has 1 aromatic heterocycles. The third-order valence-corrected chi connectivity index (χ3v) is 4.45. The normalized spacial score (nSPS) is 24.6. The average molecular weight is 273 g/mol. The lowest BCUT2D eigenvalue weighted by molar-refractivity contribution is -0.126. The van der Waals surface area contributed by atoms with Crippen molar-refractivity contribution < 1.29 is 4.79 Å². The molecule has 0 spiro atoms. The molecule has 0 radical (unpaired) electrons. The smallest absolute Gasteiger partial charge is 0.224 e. The number of hydrogen-bond donors (Lipinski definition) is 2. The Bertz CT molecular complexity index is 394. The third-order valence-electron chi connectivity index (χ3n) is 3.22. The van der Waals surface area contributed by atoms with Gasteiger partial charge in [0, 0.05) is 10.9 Å². The van der Waals surface area contributed by atoms with Crippen LogP contribution in [0.15, 0.2) is 12.1 Å². The monoisotopic (exact) mass is 272 g/mol. The molecular formula is C12H17ClN2OS. The van der Waals surface area contributed by atoms with Crippen molar-refractivity contribution in [2.45, 2.75) is 38.3 Å². The molecule has 1 aliphatic rings. The molecule has 5 heteroatoms. The Hall–Kier alpha value is -0.580. The van der Waals surface area contributed by atoms with Gasteiger partial charge in [0.15, 0.2) is 0 Å². The zero-order chi connectivity index (χ0) is 12.3. The van der Waals surface area contributed by atoms with Gasteiger partial charge < -0.3 is 11.1 Å². The molecule has 2 atom stereocenters. The van der Waals surface area contributed by atoms with Crippen molar-refractivity contribution in [3.63, 3.8) is 0 Å². The fraction of sp³-hybridized carbons (Fsp3) is 0.583. The summed E-state index contributed by atoms with van der Waals surface area (Å²) in [5, 5.41) is 2.95. The van der Waals surface area contributed by atoms with E-state index in [1.54, 1.807) is 0 Å². The Morgan fingerprint density at radius 2 is 2.24 bits per heavy atom. The molecule has 0 aliphatic heterocycles. The number of amides is 1. The van der Waals surface area contributed by atoms with Gasteiger partial charge >= 0.3 is 0 Å². The number of hydrogen-bond acceptors (Lipinski definition) is 3. The second kappa shape index (κ2) is 5.85. The minimum Gasteiger partial charge on any atom is -0.351 e. The van der Waals surface area contributed by atoms with Crippen molar-refractivity contribution in [3.8, 4) is 0 Å². The van der Waals surface area contributed by atoms with Crippen LogP contribution in [0, 0.1) is 5.92 Å². The molecule has 1 aromatic rings. The van der Waals surface area contributed by atoms with Crippen LogP contribution in [0.4, 0.5) is 0 Å². The number of nitrogens with one attached hydrogen (secondary N) is 1. The summed E-state index contributed by atoms with van der Waals surface area (Å²) in [4.78, 5) is 13.0. The largest absolute Gasteiger partial charge is 0.351 e. The van der Waals surface area contributed by atoms with Gasteiger partial charge in [0.05, 0.1) is 16.8 Å². The molecule has 3 N–H and O–H groups in total. The first-order chi connectivity index (χ1) is 8.16. The molecule has 1 aliphatic carbocycles. The Kier molecular flexibility index (Phi) is 4.42. The number of nitrogens with two attached hydrogens (primary N) is 1. The molecule has 2 unspecified atom stereocenters. The maximum Gasteiger partial charge on any atom is 0.224 e. The Labute approximate surface area is 110 Å². The first-order valence-electron chi connectivity index (χ1n) is 5.94. The highest BCUT2D eigenvalue weighted by atomic mass is 35.5. The molecule has 0 aromatic carbocycles. The SMILES string of the molecule is NC1CCCCC1C(=O)NCc1ccc(Cl)s1. The van der Waals surface area contributed by atoms with Gasteiger partial charge in [-0.15, -0.1) is 11.3 Å². The Morgan fingerprint density at radius 3 is 2.88 bits per heavy atom. The van der Waals surface area contributed by atoms with E-state index in [1.807, 2.05) is 12.1 Å². The highest BCUT2D eigenvalue weighted by Crippen LogP contribution is 2.24. The predicted molar refractivity (Wildman–Crippen MR) is 71.1 cm³/mol. The van der Waals surface area contributed by atoms with Crippen molar-refractivity contribution in [1.29, 1.82) is 0 Å². The van der Waals surface area contributed by atoms with Crippen LogP contribution < -0.4 is 11.1 Å². The standard InChI is InChI=1S/C12H17ClN2OS/c13-11-6-5-8(17-11)7-15-12(16)9-3-1-2-4-10(9)14/h5-6,9-10H,1-4,7,14H2,(H,15,16). The van der Waals surface area contributed by atoms with Crippen molar-refractivity contribution in [2.75, 3.05) is 0 Å². The van der Waals surface area contributed by atoms with Crippen LogP contribution >= 0.6 is 22.9 Å². The van der Waals surface area contributed by atoms with Crippen LogP contribution in [0.1, 0.15) is 30.6 Å². The Morgan fingerprint density at radius 1 is 1.47 bits per heavy atom. The highest BCUT2D eigenvalue weighted by molar-refractivity contribution is 7.16. The fourth-order valence-electron chi connectivity index (χ4n) is 2.24. The van der Waals surface area contributed by atoms with E-state index in [0.29, 0.717) is 6.54 Å². The molecule has 1 amide bonds. The third kappa shape index (κ3) is 3.44. The second-order valence-corrected chi connectivity index (χ2v) is 6.28. The van der Waals surface area contributed by atoms with Crippen LogP contribution in [-0.2, 0) is 11.3 Å². The maximum absolute atomic E-state index is 12.0. The minimum atomic E-state index is -0.0146. The van der Waals surface area contributed by atoms with E-state index in [-0.39, 0.29) is 17.9 Å². The topological polar surface area (TPSA) is 55.1 Å². The lowest BCUT2D eigenvalue weighted by Gasteiger charge is -2.27. The van der Waals surface area contributed by atoms with E-state index < -0.39 is 0 Å². The molecule has 94 valence electrons. The second-order valence-electron chi connectivity index (χ2n) is 4.48. The van der Waals surface area contributed by atoms with Gasteiger partial charge in [0.2, 0.25) is 5.91 Å². The van der Waals surface area contributed by atoms with Crippen LogP contribution in [0.5, 0.6) is 0 Å². The number of rotatable bonds is 3. The first-order valence-corrected chi connectivity index (χ1v) is 7.14. The fourth-order valence-corrected chi connectivity index (χ4v) is 3.26. The molecule has 0 bridgehead atoms. The molecule has 1 heterocycles. The molecule has 0 saturated heterocycles. The number of carbonyl (C=O) groups excluding carboxylic acids is 1. The van der Waals surface area contributed by atoms with E-state index in [1.165, 1.54) is 11.3 Å². The minimum absolute atomic E-state index is 0.0146. The van der Waals surface area contributed by atoms with Crippen LogP contribution in [-0.4, -0.2) is 11.9 Å². The van der Waals surface area contributed by atoms with Crippen molar-refractivity contribution in [3.05, 3.63) is 21.3 Å². The van der Waals surface area contributed by atoms with Crippen LogP contribution in [0.3, 0.4) is 0 Å². The summed E-state index contributed by atoms with van der Waals surface area (Å²) < 4.78 is 0.753. The molecule has 1 saturated carbocycles. The van der Waals surface area contributed by atoms with Crippen LogP contribution in [0.2, 0.25) is 4.34 Å². The summed E-state index contributed by atoms with van der Waals surface area (Å²) in [6, 6.07) is 3.81. The summed E-state index contributed by atoms with van der Waals surface area (Å²) in [5.74, 6) is 0.0703. The predicted octanol–water partition coefficient (Wildman–Crippen LogP) is 2.54. The van der Waals surface area contributed by atoms with Crippen LogP contribution in [0.25, 0.3) is 0 Å². The zero-order valence-electron chi connectivity index (χ0n) is 9.62.